The van der Waals surface area contributed by atoms with E-state index in [1.165, 1.54) is 13.0 Å². The first-order chi connectivity index (χ1) is 4.29. The van der Waals surface area contributed by atoms with Crippen molar-refractivity contribution in [3.05, 3.63) is 0 Å². The summed E-state index contributed by atoms with van der Waals surface area (Å²) in [6.07, 6.45) is 1.30. The Labute approximate surface area is 57.2 Å². The summed E-state index contributed by atoms with van der Waals surface area (Å²) in [7, 11) is 4.25. The molecule has 1 atom stereocenters. The van der Waals surface area contributed by atoms with Crippen molar-refractivity contribution < 1.29 is 0 Å². The molecule has 0 amide bonds. The van der Waals surface area contributed by atoms with E-state index in [9.17, 15) is 0 Å². The molecule has 1 rings (SSSR count). The Hall–Kier alpha value is -0.0800. The minimum atomic E-state index is 0.847. The summed E-state index contributed by atoms with van der Waals surface area (Å²) in [5, 5.41) is 4.29. The van der Waals surface area contributed by atoms with Gasteiger partial charge in [-0.3, -0.25) is 0 Å². The van der Waals surface area contributed by atoms with Crippen LogP contribution in [0.2, 0.25) is 0 Å². The molecule has 53 valence electrons. The van der Waals surface area contributed by atoms with E-state index >= 15 is 0 Å². The van der Waals surface area contributed by atoms with E-state index < -0.39 is 0 Å². The molecular weight excluding hydrogens is 112 g/mol. The highest BCUT2D eigenvalue weighted by Gasteiger charge is 2.15. The Morgan fingerprint density at radius 2 is 2.33 bits per heavy atom. The largest absolute Gasteiger partial charge is 0.309 e. The van der Waals surface area contributed by atoms with Crippen molar-refractivity contribution in [1.29, 1.82) is 0 Å². The summed E-state index contributed by atoms with van der Waals surface area (Å²) in [6, 6.07) is 0. The number of hydrogen-bond donors (Lipinski definition) is 0. The van der Waals surface area contributed by atoms with Crippen LogP contribution >= 0.6 is 0 Å². The monoisotopic (exact) mass is 127 g/mol. The predicted octanol–water partition coefficient (Wildman–Crippen LogP) is 0.172. The molecule has 0 saturated carbocycles. The Kier molecular flexibility index (Phi) is 2.49. The van der Waals surface area contributed by atoms with Gasteiger partial charge in [0.2, 0.25) is 0 Å². The van der Waals surface area contributed by atoms with Crippen LogP contribution in [0.1, 0.15) is 6.42 Å². The van der Waals surface area contributed by atoms with Crippen molar-refractivity contribution in [3.8, 4) is 0 Å². The zero-order chi connectivity index (χ0) is 6.69. The van der Waals surface area contributed by atoms with Gasteiger partial charge in [0.25, 0.3) is 0 Å². The average Bonchev–Trinajstić information content (AvgIpc) is 2.15. The fourth-order valence-electron chi connectivity index (χ4n) is 1.30. The van der Waals surface area contributed by atoms with Crippen molar-refractivity contribution in [2.24, 2.45) is 5.92 Å². The Balaban J connectivity index is 2.11. The fraction of sp³-hybridized carbons (Fsp3) is 1.00. The van der Waals surface area contributed by atoms with E-state index in [1.54, 1.807) is 0 Å². The van der Waals surface area contributed by atoms with Gasteiger partial charge in [0.1, 0.15) is 0 Å². The molecule has 2 nitrogen and oxygen atoms in total. The van der Waals surface area contributed by atoms with Crippen LogP contribution in [-0.2, 0) is 0 Å². The predicted molar refractivity (Wildman–Crippen MR) is 38.5 cm³/mol. The highest BCUT2D eigenvalue weighted by molar-refractivity contribution is 4.71. The summed E-state index contributed by atoms with van der Waals surface area (Å²) >= 11 is 0. The maximum atomic E-state index is 4.29. The SMILES string of the molecule is CN(C)C[C@@H]1CC[N]C1. The van der Waals surface area contributed by atoms with Crippen LogP contribution in [0.5, 0.6) is 0 Å². The Bertz CT molecular complexity index is 75.0. The van der Waals surface area contributed by atoms with Gasteiger partial charge in [-0.05, 0) is 26.4 Å². The van der Waals surface area contributed by atoms with Crippen molar-refractivity contribution >= 4 is 0 Å². The molecular formula is C7H15N2. The van der Waals surface area contributed by atoms with Gasteiger partial charge in [0, 0.05) is 19.6 Å². The molecule has 0 aromatic rings. The summed E-state index contributed by atoms with van der Waals surface area (Å²) in [5.74, 6) is 0.847. The average molecular weight is 127 g/mol. The second-order valence-corrected chi connectivity index (χ2v) is 3.05. The molecule has 1 radical (unpaired) electrons. The van der Waals surface area contributed by atoms with E-state index in [0.717, 1.165) is 19.0 Å². The molecule has 1 fully saturated rings. The third-order valence-corrected chi connectivity index (χ3v) is 1.71. The van der Waals surface area contributed by atoms with Gasteiger partial charge in [0.15, 0.2) is 0 Å². The molecule has 1 heterocycles. The van der Waals surface area contributed by atoms with Crippen LogP contribution < -0.4 is 5.32 Å². The molecule has 0 spiro atoms. The topological polar surface area (TPSA) is 17.3 Å². The first-order valence-corrected chi connectivity index (χ1v) is 3.57. The second-order valence-electron chi connectivity index (χ2n) is 3.05. The Morgan fingerprint density at radius 1 is 1.56 bits per heavy atom. The second kappa shape index (κ2) is 3.18. The molecule has 0 aliphatic carbocycles. The molecule has 9 heavy (non-hydrogen) atoms. The lowest BCUT2D eigenvalue weighted by molar-refractivity contribution is 0.338. The maximum absolute atomic E-state index is 4.29. The molecule has 1 saturated heterocycles. The zero-order valence-electron chi connectivity index (χ0n) is 6.30. The van der Waals surface area contributed by atoms with E-state index in [2.05, 4.69) is 24.3 Å². The van der Waals surface area contributed by atoms with Gasteiger partial charge < -0.3 is 4.90 Å². The molecule has 0 unspecified atom stereocenters. The van der Waals surface area contributed by atoms with Gasteiger partial charge in [0.05, 0.1) is 0 Å². The van der Waals surface area contributed by atoms with Gasteiger partial charge in [-0.15, -0.1) is 0 Å². The third-order valence-electron chi connectivity index (χ3n) is 1.71. The molecule has 0 N–H and O–H groups in total. The van der Waals surface area contributed by atoms with Gasteiger partial charge >= 0.3 is 0 Å². The summed E-state index contributed by atoms with van der Waals surface area (Å²) in [4.78, 5) is 2.24. The zero-order valence-corrected chi connectivity index (χ0v) is 6.30. The standard InChI is InChI=1S/C7H15N2/c1-9(2)6-7-3-4-8-5-7/h7H,3-6H2,1-2H3/t7-/m1/s1. The molecule has 0 bridgehead atoms. The minimum Gasteiger partial charge on any atom is -0.309 e. The Morgan fingerprint density at radius 3 is 2.78 bits per heavy atom. The smallest absolute Gasteiger partial charge is 0.0174 e. The summed E-state index contributed by atoms with van der Waals surface area (Å²) < 4.78 is 0. The molecule has 0 aromatic carbocycles. The lowest BCUT2D eigenvalue weighted by Gasteiger charge is -2.13. The van der Waals surface area contributed by atoms with Gasteiger partial charge in [-0.1, -0.05) is 0 Å². The fourth-order valence-corrected chi connectivity index (χ4v) is 1.30. The normalized spacial score (nSPS) is 27.7. The number of rotatable bonds is 2. The van der Waals surface area contributed by atoms with Crippen molar-refractivity contribution in [2.45, 2.75) is 6.42 Å². The van der Waals surface area contributed by atoms with E-state index in [4.69, 9.17) is 0 Å². The molecule has 1 aliphatic heterocycles. The van der Waals surface area contributed by atoms with Crippen molar-refractivity contribution in [3.63, 3.8) is 0 Å². The number of nitrogens with zero attached hydrogens (tertiary/aromatic N) is 2. The molecule has 2 heteroatoms. The van der Waals surface area contributed by atoms with Crippen LogP contribution in [0.15, 0.2) is 0 Å². The van der Waals surface area contributed by atoms with E-state index in [0.29, 0.717) is 0 Å². The highest BCUT2D eigenvalue weighted by Crippen LogP contribution is 2.08. The summed E-state index contributed by atoms with van der Waals surface area (Å²) in [6.45, 7) is 3.40. The van der Waals surface area contributed by atoms with Gasteiger partial charge in [-0.25, -0.2) is 5.32 Å². The van der Waals surface area contributed by atoms with Gasteiger partial charge in [-0.2, -0.15) is 0 Å². The third kappa shape index (κ3) is 2.33. The first-order valence-electron chi connectivity index (χ1n) is 3.57. The van der Waals surface area contributed by atoms with Crippen LogP contribution in [0, 0.1) is 5.92 Å². The van der Waals surface area contributed by atoms with Crippen LogP contribution in [-0.4, -0.2) is 38.6 Å². The lowest BCUT2D eigenvalue weighted by Crippen LogP contribution is -2.22. The lowest BCUT2D eigenvalue weighted by atomic mass is 10.1. The quantitative estimate of drug-likeness (QED) is 0.517. The van der Waals surface area contributed by atoms with Crippen molar-refractivity contribution in [1.82, 2.24) is 10.2 Å². The maximum Gasteiger partial charge on any atom is 0.0174 e. The summed E-state index contributed by atoms with van der Waals surface area (Å²) in [5.41, 5.74) is 0. The van der Waals surface area contributed by atoms with Crippen LogP contribution in [0.25, 0.3) is 0 Å². The van der Waals surface area contributed by atoms with Crippen molar-refractivity contribution in [2.75, 3.05) is 33.7 Å². The first kappa shape index (κ1) is 7.03. The van der Waals surface area contributed by atoms with E-state index in [1.807, 2.05) is 0 Å². The molecule has 0 aromatic heterocycles. The van der Waals surface area contributed by atoms with E-state index in [-0.39, 0.29) is 0 Å². The molecule has 1 aliphatic rings. The van der Waals surface area contributed by atoms with Crippen LogP contribution in [0.4, 0.5) is 0 Å². The van der Waals surface area contributed by atoms with Crippen LogP contribution in [0.3, 0.4) is 0 Å². The number of hydrogen-bond acceptors (Lipinski definition) is 1. The minimum absolute atomic E-state index is 0.847. The highest BCUT2D eigenvalue weighted by atomic mass is 15.1.